The molecule has 1 unspecified atom stereocenters. The van der Waals surface area contributed by atoms with Crippen LogP contribution in [-0.4, -0.2) is 19.1 Å². The first-order chi connectivity index (χ1) is 10.8. The zero-order valence-electron chi connectivity index (χ0n) is 15.1. The van der Waals surface area contributed by atoms with Crippen LogP contribution in [0.1, 0.15) is 42.1 Å². The van der Waals surface area contributed by atoms with E-state index in [0.29, 0.717) is 0 Å². The van der Waals surface area contributed by atoms with Crippen LogP contribution in [0.4, 0.5) is 5.69 Å². The summed E-state index contributed by atoms with van der Waals surface area (Å²) in [5.74, 6) is 0. The summed E-state index contributed by atoms with van der Waals surface area (Å²) >= 11 is 0. The molecule has 0 bridgehead atoms. The van der Waals surface area contributed by atoms with E-state index in [0.717, 1.165) is 11.3 Å². The standard InChI is InChI=1S/C20H28N2O/c1-14-11-15(2)13-17(12-14)16(3)22(5)20(4,23-6)18-7-9-19(21)10-8-18/h7-13,16H,21H2,1-6H3/t16-,20?/m1/s1. The lowest BCUT2D eigenvalue weighted by molar-refractivity contribution is -0.134. The molecule has 0 fully saturated rings. The number of nitrogen functional groups attached to an aromatic ring is 1. The van der Waals surface area contributed by atoms with Crippen LogP contribution < -0.4 is 5.73 Å². The van der Waals surface area contributed by atoms with Crippen molar-refractivity contribution in [2.45, 2.75) is 39.5 Å². The van der Waals surface area contributed by atoms with Crippen LogP contribution in [0.3, 0.4) is 0 Å². The number of nitrogens with zero attached hydrogens (tertiary/aromatic N) is 1. The largest absolute Gasteiger partial charge is 0.399 e. The molecule has 0 radical (unpaired) electrons. The summed E-state index contributed by atoms with van der Waals surface area (Å²) in [6, 6.07) is 14.8. The Morgan fingerprint density at radius 3 is 2.04 bits per heavy atom. The molecule has 2 atom stereocenters. The molecule has 0 aliphatic rings. The van der Waals surface area contributed by atoms with Gasteiger partial charge in [-0.2, -0.15) is 0 Å². The topological polar surface area (TPSA) is 38.5 Å². The van der Waals surface area contributed by atoms with Crippen molar-refractivity contribution in [3.8, 4) is 0 Å². The van der Waals surface area contributed by atoms with Gasteiger partial charge in [-0.1, -0.05) is 41.5 Å². The molecule has 3 nitrogen and oxygen atoms in total. The molecule has 23 heavy (non-hydrogen) atoms. The molecule has 0 amide bonds. The molecule has 2 rings (SSSR count). The van der Waals surface area contributed by atoms with Crippen LogP contribution >= 0.6 is 0 Å². The van der Waals surface area contributed by atoms with Crippen LogP contribution in [0.25, 0.3) is 0 Å². The SMILES string of the molecule is COC(C)(c1ccc(N)cc1)N(C)[C@H](C)c1cc(C)cc(C)c1. The molecule has 2 N–H and O–H groups in total. The van der Waals surface area contributed by atoms with Gasteiger partial charge in [0, 0.05) is 18.8 Å². The zero-order chi connectivity index (χ0) is 17.2. The second-order valence-corrected chi connectivity index (χ2v) is 6.52. The van der Waals surface area contributed by atoms with Crippen LogP contribution in [-0.2, 0) is 10.5 Å². The Morgan fingerprint density at radius 2 is 1.57 bits per heavy atom. The molecule has 2 aromatic carbocycles. The molecule has 0 spiro atoms. The predicted molar refractivity (Wildman–Crippen MR) is 97.3 cm³/mol. The Labute approximate surface area is 140 Å². The Kier molecular flexibility index (Phi) is 5.12. The highest BCUT2D eigenvalue weighted by Crippen LogP contribution is 2.35. The number of nitrogens with two attached hydrogens (primary N) is 1. The molecule has 0 aliphatic heterocycles. The van der Waals surface area contributed by atoms with Gasteiger partial charge in [0.2, 0.25) is 0 Å². The average Bonchev–Trinajstić information content (AvgIpc) is 2.52. The quantitative estimate of drug-likeness (QED) is 0.657. The molecule has 3 heteroatoms. The van der Waals surface area contributed by atoms with Crippen LogP contribution in [0, 0.1) is 13.8 Å². The molecular formula is C20H28N2O. The highest BCUT2D eigenvalue weighted by atomic mass is 16.5. The summed E-state index contributed by atoms with van der Waals surface area (Å²) in [5.41, 5.74) is 11.0. The number of hydrogen-bond acceptors (Lipinski definition) is 3. The molecule has 0 aliphatic carbocycles. The van der Waals surface area contributed by atoms with Crippen molar-refractivity contribution in [2.24, 2.45) is 0 Å². The summed E-state index contributed by atoms with van der Waals surface area (Å²) in [4.78, 5) is 2.26. The van der Waals surface area contributed by atoms with Crippen molar-refractivity contribution >= 4 is 5.69 Å². The molecule has 124 valence electrons. The second-order valence-electron chi connectivity index (χ2n) is 6.52. The zero-order valence-corrected chi connectivity index (χ0v) is 15.1. The number of benzene rings is 2. The van der Waals surface area contributed by atoms with Crippen LogP contribution in [0.15, 0.2) is 42.5 Å². The van der Waals surface area contributed by atoms with Gasteiger partial charge in [-0.3, -0.25) is 4.90 Å². The first-order valence-corrected chi connectivity index (χ1v) is 8.00. The number of anilines is 1. The van der Waals surface area contributed by atoms with E-state index in [1.165, 1.54) is 16.7 Å². The summed E-state index contributed by atoms with van der Waals surface area (Å²) in [7, 11) is 3.85. The summed E-state index contributed by atoms with van der Waals surface area (Å²) in [6.07, 6.45) is 0. The van der Waals surface area contributed by atoms with Gasteiger partial charge in [-0.15, -0.1) is 0 Å². The van der Waals surface area contributed by atoms with E-state index in [1.807, 2.05) is 24.3 Å². The normalized spacial score (nSPS) is 15.4. The van der Waals surface area contributed by atoms with E-state index in [1.54, 1.807) is 7.11 Å². The third-order valence-electron chi connectivity index (χ3n) is 4.82. The number of methoxy groups -OCH3 is 1. The van der Waals surface area contributed by atoms with Crippen LogP contribution in [0.5, 0.6) is 0 Å². The Morgan fingerprint density at radius 1 is 1.04 bits per heavy atom. The Balaban J connectivity index is 2.38. The third-order valence-corrected chi connectivity index (χ3v) is 4.82. The maximum Gasteiger partial charge on any atom is 0.144 e. The minimum Gasteiger partial charge on any atom is -0.399 e. The molecular weight excluding hydrogens is 284 g/mol. The van der Waals surface area contributed by atoms with Crippen molar-refractivity contribution in [2.75, 3.05) is 19.9 Å². The third kappa shape index (κ3) is 3.57. The van der Waals surface area contributed by atoms with Gasteiger partial charge in [0.1, 0.15) is 5.72 Å². The molecule has 0 saturated heterocycles. The number of hydrogen-bond donors (Lipinski definition) is 1. The van der Waals surface area contributed by atoms with Gasteiger partial charge >= 0.3 is 0 Å². The van der Waals surface area contributed by atoms with Gasteiger partial charge in [-0.05, 0) is 58.0 Å². The summed E-state index contributed by atoms with van der Waals surface area (Å²) < 4.78 is 5.91. The fourth-order valence-corrected chi connectivity index (χ4v) is 3.10. The maximum absolute atomic E-state index is 5.91. The van der Waals surface area contributed by atoms with E-state index in [-0.39, 0.29) is 6.04 Å². The number of aryl methyl sites for hydroxylation is 2. The van der Waals surface area contributed by atoms with Crippen molar-refractivity contribution in [3.05, 3.63) is 64.7 Å². The van der Waals surface area contributed by atoms with Crippen molar-refractivity contribution in [3.63, 3.8) is 0 Å². The Hall–Kier alpha value is -1.84. The minimum absolute atomic E-state index is 0.219. The predicted octanol–water partition coefficient (Wildman–Crippen LogP) is 4.40. The van der Waals surface area contributed by atoms with E-state index >= 15 is 0 Å². The van der Waals surface area contributed by atoms with Gasteiger partial charge in [0.05, 0.1) is 0 Å². The van der Waals surface area contributed by atoms with E-state index < -0.39 is 5.72 Å². The van der Waals surface area contributed by atoms with E-state index in [9.17, 15) is 0 Å². The molecule has 0 saturated carbocycles. The summed E-state index contributed by atoms with van der Waals surface area (Å²) in [5, 5.41) is 0. The van der Waals surface area contributed by atoms with Crippen molar-refractivity contribution < 1.29 is 4.74 Å². The lowest BCUT2D eigenvalue weighted by Gasteiger charge is -2.42. The number of ether oxygens (including phenoxy) is 1. The Bertz CT molecular complexity index is 646. The first-order valence-electron chi connectivity index (χ1n) is 8.00. The molecule has 0 aromatic heterocycles. The van der Waals surface area contributed by atoms with E-state index in [4.69, 9.17) is 10.5 Å². The average molecular weight is 312 g/mol. The minimum atomic E-state index is -0.523. The van der Waals surface area contributed by atoms with Crippen molar-refractivity contribution in [1.29, 1.82) is 0 Å². The lowest BCUT2D eigenvalue weighted by Crippen LogP contribution is -2.44. The highest BCUT2D eigenvalue weighted by Gasteiger charge is 2.34. The number of rotatable bonds is 5. The second kappa shape index (κ2) is 6.73. The van der Waals surface area contributed by atoms with Crippen LogP contribution in [0.2, 0.25) is 0 Å². The first kappa shape index (κ1) is 17.5. The van der Waals surface area contributed by atoms with Gasteiger partial charge < -0.3 is 10.5 Å². The smallest absolute Gasteiger partial charge is 0.144 e. The fraction of sp³-hybridized carbons (Fsp3) is 0.400. The van der Waals surface area contributed by atoms with E-state index in [2.05, 4.69) is 57.8 Å². The fourth-order valence-electron chi connectivity index (χ4n) is 3.10. The lowest BCUT2D eigenvalue weighted by atomic mass is 9.96. The van der Waals surface area contributed by atoms with Gasteiger partial charge in [0.25, 0.3) is 0 Å². The highest BCUT2D eigenvalue weighted by molar-refractivity contribution is 5.41. The van der Waals surface area contributed by atoms with Crippen molar-refractivity contribution in [1.82, 2.24) is 4.90 Å². The molecule has 2 aromatic rings. The maximum atomic E-state index is 5.91. The van der Waals surface area contributed by atoms with Gasteiger partial charge in [-0.25, -0.2) is 0 Å². The molecule has 0 heterocycles. The monoisotopic (exact) mass is 312 g/mol. The van der Waals surface area contributed by atoms with Gasteiger partial charge in [0.15, 0.2) is 0 Å². The summed E-state index contributed by atoms with van der Waals surface area (Å²) in [6.45, 7) is 8.58.